The summed E-state index contributed by atoms with van der Waals surface area (Å²) >= 11 is 5.77. The number of halogens is 2. The fourth-order valence-electron chi connectivity index (χ4n) is 3.06. The van der Waals surface area contributed by atoms with Gasteiger partial charge in [0.1, 0.15) is 5.82 Å². The van der Waals surface area contributed by atoms with Gasteiger partial charge in [0.25, 0.3) is 5.91 Å². The molecule has 2 aromatic rings. The van der Waals surface area contributed by atoms with Crippen LogP contribution >= 0.6 is 11.6 Å². The second kappa shape index (κ2) is 8.32. The summed E-state index contributed by atoms with van der Waals surface area (Å²) in [4.78, 5) is 28.6. The van der Waals surface area contributed by atoms with Crippen LogP contribution in [0.15, 0.2) is 48.5 Å². The number of hydrogen-bond acceptors (Lipinski definition) is 2. The average Bonchev–Trinajstić information content (AvgIpc) is 2.90. The Morgan fingerprint density at radius 1 is 0.962 bits per heavy atom. The predicted octanol–water partition coefficient (Wildman–Crippen LogP) is 3.40. The van der Waals surface area contributed by atoms with Gasteiger partial charge in [0.2, 0.25) is 5.91 Å². The number of carbonyl (C=O) groups excluding carboxylic acids is 2. The summed E-state index contributed by atoms with van der Waals surface area (Å²) in [5, 5.41) is -0.0645. The Labute approximate surface area is 157 Å². The second-order valence-corrected chi connectivity index (χ2v) is 6.73. The minimum absolute atomic E-state index is 0.0645. The average molecular weight is 375 g/mol. The number of hydrogen-bond donors (Lipinski definition) is 0. The molecule has 1 aliphatic heterocycles. The van der Waals surface area contributed by atoms with Crippen molar-refractivity contribution in [3.8, 4) is 0 Å². The van der Waals surface area contributed by atoms with Crippen LogP contribution in [0.5, 0.6) is 0 Å². The highest BCUT2D eigenvalue weighted by Crippen LogP contribution is 2.18. The van der Waals surface area contributed by atoms with Gasteiger partial charge in [-0.1, -0.05) is 41.9 Å². The quantitative estimate of drug-likeness (QED) is 0.826. The van der Waals surface area contributed by atoms with Gasteiger partial charge in [0.15, 0.2) is 0 Å². The van der Waals surface area contributed by atoms with Crippen LogP contribution in [0.3, 0.4) is 0 Å². The van der Waals surface area contributed by atoms with Crippen molar-refractivity contribution in [3.05, 3.63) is 70.5 Å². The maximum Gasteiger partial charge on any atom is 0.253 e. The van der Waals surface area contributed by atoms with Gasteiger partial charge in [-0.25, -0.2) is 4.39 Å². The lowest BCUT2D eigenvalue weighted by Crippen LogP contribution is -2.38. The first-order valence-corrected chi connectivity index (χ1v) is 8.98. The zero-order chi connectivity index (χ0) is 18.5. The summed E-state index contributed by atoms with van der Waals surface area (Å²) in [6.07, 6.45) is 1.07. The molecular weight excluding hydrogens is 355 g/mol. The molecule has 3 rings (SSSR count). The topological polar surface area (TPSA) is 40.6 Å². The first-order valence-electron chi connectivity index (χ1n) is 8.60. The Balaban J connectivity index is 1.61. The maximum absolute atomic E-state index is 13.3. The highest BCUT2D eigenvalue weighted by molar-refractivity contribution is 6.31. The Hall–Kier alpha value is -2.40. The number of benzene rings is 2. The van der Waals surface area contributed by atoms with Crippen LogP contribution in [-0.4, -0.2) is 47.8 Å². The van der Waals surface area contributed by atoms with E-state index in [1.54, 1.807) is 9.80 Å². The molecule has 0 aliphatic carbocycles. The van der Waals surface area contributed by atoms with Crippen LogP contribution in [0.4, 0.5) is 4.39 Å². The Kier molecular flexibility index (Phi) is 5.89. The van der Waals surface area contributed by atoms with Gasteiger partial charge in [-0.15, -0.1) is 0 Å². The van der Waals surface area contributed by atoms with E-state index in [9.17, 15) is 14.0 Å². The fraction of sp³-hybridized carbons (Fsp3) is 0.300. The Bertz CT molecular complexity index is 798. The minimum Gasteiger partial charge on any atom is -0.341 e. The lowest BCUT2D eigenvalue weighted by Gasteiger charge is -2.22. The van der Waals surface area contributed by atoms with Crippen LogP contribution in [0.1, 0.15) is 22.3 Å². The van der Waals surface area contributed by atoms with Crippen molar-refractivity contribution in [2.24, 2.45) is 0 Å². The molecule has 2 aromatic carbocycles. The summed E-state index contributed by atoms with van der Waals surface area (Å²) in [5.41, 5.74) is 1.34. The van der Waals surface area contributed by atoms with E-state index in [0.29, 0.717) is 44.6 Å². The summed E-state index contributed by atoms with van der Waals surface area (Å²) in [6, 6.07) is 13.6. The molecule has 26 heavy (non-hydrogen) atoms. The van der Waals surface area contributed by atoms with E-state index in [-0.39, 0.29) is 16.8 Å². The molecule has 1 fully saturated rings. The van der Waals surface area contributed by atoms with E-state index in [1.807, 2.05) is 30.3 Å². The third-order valence-electron chi connectivity index (χ3n) is 4.50. The first-order chi connectivity index (χ1) is 12.5. The predicted molar refractivity (Wildman–Crippen MR) is 98.7 cm³/mol. The molecule has 1 aliphatic rings. The van der Waals surface area contributed by atoms with Gasteiger partial charge in [0, 0.05) is 31.7 Å². The maximum atomic E-state index is 13.3. The Morgan fingerprint density at radius 2 is 1.65 bits per heavy atom. The molecular formula is C20H20ClFN2O2. The largest absolute Gasteiger partial charge is 0.341 e. The minimum atomic E-state index is -0.545. The van der Waals surface area contributed by atoms with Gasteiger partial charge >= 0.3 is 0 Å². The van der Waals surface area contributed by atoms with E-state index >= 15 is 0 Å². The van der Waals surface area contributed by atoms with Crippen molar-refractivity contribution in [1.82, 2.24) is 9.80 Å². The molecule has 1 heterocycles. The van der Waals surface area contributed by atoms with Crippen molar-refractivity contribution in [3.63, 3.8) is 0 Å². The first kappa shape index (κ1) is 18.4. The summed E-state index contributed by atoms with van der Waals surface area (Å²) in [5.74, 6) is -0.670. The standard InChI is InChI=1S/C20H20ClFN2O2/c21-17-14-16(7-8-18(17)22)20(26)24-10-4-9-23(11-12-24)19(25)13-15-5-2-1-3-6-15/h1-3,5-8,14H,4,9-13H2. The van der Waals surface area contributed by atoms with Crippen molar-refractivity contribution in [2.45, 2.75) is 12.8 Å². The number of nitrogens with zero attached hydrogens (tertiary/aromatic N) is 2. The van der Waals surface area contributed by atoms with Gasteiger partial charge in [-0.05, 0) is 30.2 Å². The number of carbonyl (C=O) groups is 2. The smallest absolute Gasteiger partial charge is 0.253 e. The van der Waals surface area contributed by atoms with E-state index in [1.165, 1.54) is 18.2 Å². The normalized spacial score (nSPS) is 14.8. The van der Waals surface area contributed by atoms with Crippen LogP contribution < -0.4 is 0 Å². The highest BCUT2D eigenvalue weighted by Gasteiger charge is 2.23. The SMILES string of the molecule is O=C(Cc1ccccc1)N1CCCN(C(=O)c2ccc(F)c(Cl)c2)CC1. The van der Waals surface area contributed by atoms with Crippen molar-refractivity contribution in [1.29, 1.82) is 0 Å². The highest BCUT2D eigenvalue weighted by atomic mass is 35.5. The lowest BCUT2D eigenvalue weighted by atomic mass is 10.1. The third kappa shape index (κ3) is 4.41. The van der Waals surface area contributed by atoms with Gasteiger partial charge in [-0.3, -0.25) is 9.59 Å². The molecule has 0 spiro atoms. The summed E-state index contributed by atoms with van der Waals surface area (Å²) in [7, 11) is 0. The van der Waals surface area contributed by atoms with Gasteiger partial charge < -0.3 is 9.80 Å². The van der Waals surface area contributed by atoms with E-state index in [0.717, 1.165) is 5.56 Å². The van der Waals surface area contributed by atoms with E-state index < -0.39 is 5.82 Å². The molecule has 6 heteroatoms. The van der Waals surface area contributed by atoms with Crippen LogP contribution in [0, 0.1) is 5.82 Å². The molecule has 0 radical (unpaired) electrons. The van der Waals surface area contributed by atoms with Crippen LogP contribution in [0.25, 0.3) is 0 Å². The van der Waals surface area contributed by atoms with Crippen LogP contribution in [0.2, 0.25) is 5.02 Å². The Morgan fingerprint density at radius 3 is 2.38 bits per heavy atom. The summed E-state index contributed by atoms with van der Waals surface area (Å²) in [6.45, 7) is 2.13. The summed E-state index contributed by atoms with van der Waals surface area (Å²) < 4.78 is 13.3. The molecule has 0 aromatic heterocycles. The van der Waals surface area contributed by atoms with Gasteiger partial charge in [0.05, 0.1) is 11.4 Å². The molecule has 0 saturated carbocycles. The molecule has 0 N–H and O–H groups in total. The molecule has 1 saturated heterocycles. The molecule has 0 atom stereocenters. The zero-order valence-corrected chi connectivity index (χ0v) is 15.1. The van der Waals surface area contributed by atoms with Crippen molar-refractivity contribution >= 4 is 23.4 Å². The molecule has 136 valence electrons. The molecule has 0 unspecified atom stereocenters. The number of amides is 2. The van der Waals surface area contributed by atoms with Crippen molar-refractivity contribution in [2.75, 3.05) is 26.2 Å². The van der Waals surface area contributed by atoms with E-state index in [2.05, 4.69) is 0 Å². The fourth-order valence-corrected chi connectivity index (χ4v) is 3.24. The third-order valence-corrected chi connectivity index (χ3v) is 4.79. The van der Waals surface area contributed by atoms with Gasteiger partial charge in [-0.2, -0.15) is 0 Å². The molecule has 2 amide bonds. The lowest BCUT2D eigenvalue weighted by molar-refractivity contribution is -0.130. The van der Waals surface area contributed by atoms with E-state index in [4.69, 9.17) is 11.6 Å². The van der Waals surface area contributed by atoms with Crippen LogP contribution in [-0.2, 0) is 11.2 Å². The van der Waals surface area contributed by atoms with Crippen molar-refractivity contribution < 1.29 is 14.0 Å². The second-order valence-electron chi connectivity index (χ2n) is 6.32. The molecule has 4 nitrogen and oxygen atoms in total. The number of rotatable bonds is 3. The monoisotopic (exact) mass is 374 g/mol. The zero-order valence-electron chi connectivity index (χ0n) is 14.3. The molecule has 0 bridgehead atoms.